The maximum Gasteiger partial charge on any atom is 0.153 e. The van der Waals surface area contributed by atoms with Crippen molar-refractivity contribution in [1.82, 2.24) is 15.0 Å². The fourth-order valence-electron chi connectivity index (χ4n) is 1.84. The maximum atomic E-state index is 5.81. The molecule has 0 amide bonds. The number of nitrogen functional groups attached to an aromatic ring is 1. The van der Waals surface area contributed by atoms with Crippen LogP contribution in [0.4, 0.5) is 5.82 Å². The lowest BCUT2D eigenvalue weighted by atomic mass is 10.1. The summed E-state index contributed by atoms with van der Waals surface area (Å²) in [4.78, 5) is 12.6. The summed E-state index contributed by atoms with van der Waals surface area (Å²) in [6.07, 6.45) is 1.45. The summed E-state index contributed by atoms with van der Waals surface area (Å²) in [5.41, 5.74) is 10.4. The molecule has 0 fully saturated rings. The van der Waals surface area contributed by atoms with E-state index in [2.05, 4.69) is 34.0 Å². The van der Waals surface area contributed by atoms with Crippen molar-refractivity contribution in [2.75, 3.05) is 5.73 Å². The van der Waals surface area contributed by atoms with Crippen LogP contribution in [0.15, 0.2) is 42.7 Å². The molecule has 88 valence electrons. The van der Waals surface area contributed by atoms with E-state index in [1.807, 2.05) is 24.3 Å². The summed E-state index contributed by atoms with van der Waals surface area (Å²) in [5.74, 6) is 0.411. The Labute approximate surface area is 105 Å². The molecule has 4 heteroatoms. The van der Waals surface area contributed by atoms with Gasteiger partial charge < -0.3 is 5.73 Å². The number of rotatable bonds is 1. The Morgan fingerprint density at radius 2 is 1.72 bits per heavy atom. The van der Waals surface area contributed by atoms with Gasteiger partial charge in [-0.05, 0) is 19.1 Å². The highest BCUT2D eigenvalue weighted by molar-refractivity contribution is 5.85. The molecule has 0 aliphatic carbocycles. The third kappa shape index (κ3) is 1.78. The third-order valence-electron chi connectivity index (χ3n) is 2.86. The number of aromatic nitrogens is 3. The topological polar surface area (TPSA) is 64.7 Å². The zero-order chi connectivity index (χ0) is 12.5. The molecule has 18 heavy (non-hydrogen) atoms. The van der Waals surface area contributed by atoms with Crippen molar-refractivity contribution in [2.45, 2.75) is 6.92 Å². The number of fused-ring (bicyclic) bond motifs is 1. The van der Waals surface area contributed by atoms with Gasteiger partial charge in [0.15, 0.2) is 5.82 Å². The standard InChI is InChI=1S/C14H12N4/c1-9-2-4-10(5-3-9)11-6-7-12-13(18-11)14(15)17-8-16-12/h2-8H,1H3,(H2,15,16,17). The van der Waals surface area contributed by atoms with Crippen LogP contribution in [0, 0.1) is 6.92 Å². The van der Waals surface area contributed by atoms with Crippen molar-refractivity contribution in [2.24, 2.45) is 0 Å². The quantitative estimate of drug-likeness (QED) is 0.705. The summed E-state index contributed by atoms with van der Waals surface area (Å²) in [5, 5.41) is 0. The molecule has 0 unspecified atom stereocenters. The fourth-order valence-corrected chi connectivity index (χ4v) is 1.84. The largest absolute Gasteiger partial charge is 0.382 e. The predicted octanol–water partition coefficient (Wildman–Crippen LogP) is 2.58. The molecule has 0 radical (unpaired) electrons. The van der Waals surface area contributed by atoms with Gasteiger partial charge in [0.25, 0.3) is 0 Å². The maximum absolute atomic E-state index is 5.81. The molecule has 4 nitrogen and oxygen atoms in total. The molecule has 2 heterocycles. The van der Waals surface area contributed by atoms with Crippen molar-refractivity contribution in [3.63, 3.8) is 0 Å². The molecule has 0 aliphatic rings. The lowest BCUT2D eigenvalue weighted by Gasteiger charge is -2.04. The molecular weight excluding hydrogens is 224 g/mol. The van der Waals surface area contributed by atoms with Crippen LogP contribution in [0.2, 0.25) is 0 Å². The summed E-state index contributed by atoms with van der Waals surface area (Å²) in [6, 6.07) is 12.1. The number of benzene rings is 1. The Bertz CT molecular complexity index is 705. The first kappa shape index (κ1) is 10.7. The first-order valence-electron chi connectivity index (χ1n) is 5.68. The second kappa shape index (κ2) is 4.07. The first-order valence-corrected chi connectivity index (χ1v) is 5.68. The van der Waals surface area contributed by atoms with Gasteiger partial charge in [0, 0.05) is 5.56 Å². The highest BCUT2D eigenvalue weighted by Gasteiger charge is 2.05. The summed E-state index contributed by atoms with van der Waals surface area (Å²) < 4.78 is 0. The molecule has 1 aromatic carbocycles. The third-order valence-corrected chi connectivity index (χ3v) is 2.86. The van der Waals surface area contributed by atoms with Gasteiger partial charge in [-0.15, -0.1) is 0 Å². The van der Waals surface area contributed by atoms with Gasteiger partial charge in [0.2, 0.25) is 0 Å². The van der Waals surface area contributed by atoms with Crippen molar-refractivity contribution in [3.05, 3.63) is 48.3 Å². The van der Waals surface area contributed by atoms with E-state index in [1.165, 1.54) is 11.9 Å². The molecule has 0 aliphatic heterocycles. The van der Waals surface area contributed by atoms with Gasteiger partial charge >= 0.3 is 0 Å². The van der Waals surface area contributed by atoms with E-state index in [-0.39, 0.29) is 0 Å². The van der Waals surface area contributed by atoms with E-state index in [9.17, 15) is 0 Å². The number of hydrogen-bond acceptors (Lipinski definition) is 4. The number of pyridine rings is 1. The number of hydrogen-bond donors (Lipinski definition) is 1. The zero-order valence-electron chi connectivity index (χ0n) is 9.96. The van der Waals surface area contributed by atoms with Crippen LogP contribution < -0.4 is 5.73 Å². The van der Waals surface area contributed by atoms with E-state index in [1.54, 1.807) is 0 Å². The minimum Gasteiger partial charge on any atom is -0.382 e. The Morgan fingerprint density at radius 3 is 2.50 bits per heavy atom. The number of nitrogens with zero attached hydrogens (tertiary/aromatic N) is 3. The lowest BCUT2D eigenvalue weighted by Crippen LogP contribution is -1.96. The second-order valence-corrected chi connectivity index (χ2v) is 4.19. The molecule has 2 N–H and O–H groups in total. The normalized spacial score (nSPS) is 10.7. The van der Waals surface area contributed by atoms with Crippen molar-refractivity contribution in [1.29, 1.82) is 0 Å². The van der Waals surface area contributed by atoms with Crippen LogP contribution in [-0.4, -0.2) is 15.0 Å². The molecule has 0 saturated carbocycles. The van der Waals surface area contributed by atoms with Gasteiger partial charge in [-0.1, -0.05) is 29.8 Å². The zero-order valence-corrected chi connectivity index (χ0v) is 9.96. The Balaban J connectivity index is 2.18. The molecular formula is C14H12N4. The Kier molecular flexibility index (Phi) is 2.41. The van der Waals surface area contributed by atoms with Gasteiger partial charge in [-0.3, -0.25) is 0 Å². The molecule has 0 bridgehead atoms. The monoisotopic (exact) mass is 236 g/mol. The van der Waals surface area contributed by atoms with Crippen LogP contribution in [0.3, 0.4) is 0 Å². The van der Waals surface area contributed by atoms with Crippen LogP contribution in [0.5, 0.6) is 0 Å². The molecule has 0 saturated heterocycles. The van der Waals surface area contributed by atoms with Crippen LogP contribution >= 0.6 is 0 Å². The minimum atomic E-state index is 0.411. The highest BCUT2D eigenvalue weighted by atomic mass is 14.9. The fraction of sp³-hybridized carbons (Fsp3) is 0.0714. The van der Waals surface area contributed by atoms with Gasteiger partial charge in [-0.2, -0.15) is 0 Å². The second-order valence-electron chi connectivity index (χ2n) is 4.19. The first-order chi connectivity index (χ1) is 8.74. The lowest BCUT2D eigenvalue weighted by molar-refractivity contribution is 1.21. The molecule has 2 aromatic heterocycles. The Hall–Kier alpha value is -2.49. The van der Waals surface area contributed by atoms with Gasteiger partial charge in [0.05, 0.1) is 11.2 Å². The van der Waals surface area contributed by atoms with Crippen LogP contribution in [0.25, 0.3) is 22.3 Å². The predicted molar refractivity (Wildman–Crippen MR) is 71.9 cm³/mol. The number of anilines is 1. The summed E-state index contributed by atoms with van der Waals surface area (Å²) in [6.45, 7) is 2.06. The van der Waals surface area contributed by atoms with Crippen LogP contribution in [-0.2, 0) is 0 Å². The van der Waals surface area contributed by atoms with E-state index in [0.29, 0.717) is 11.3 Å². The molecule has 0 spiro atoms. The molecule has 0 atom stereocenters. The highest BCUT2D eigenvalue weighted by Crippen LogP contribution is 2.22. The summed E-state index contributed by atoms with van der Waals surface area (Å²) in [7, 11) is 0. The average Bonchev–Trinajstić information content (AvgIpc) is 2.40. The van der Waals surface area contributed by atoms with Crippen molar-refractivity contribution < 1.29 is 0 Å². The molecule has 3 aromatic rings. The average molecular weight is 236 g/mol. The minimum absolute atomic E-state index is 0.411. The Morgan fingerprint density at radius 1 is 0.944 bits per heavy atom. The van der Waals surface area contributed by atoms with E-state index < -0.39 is 0 Å². The number of nitrogens with two attached hydrogens (primary N) is 1. The van der Waals surface area contributed by atoms with Crippen molar-refractivity contribution >= 4 is 16.9 Å². The molecule has 3 rings (SSSR count). The van der Waals surface area contributed by atoms with Gasteiger partial charge in [-0.25, -0.2) is 15.0 Å². The SMILES string of the molecule is Cc1ccc(-c2ccc3ncnc(N)c3n2)cc1. The van der Waals surface area contributed by atoms with Crippen LogP contribution in [0.1, 0.15) is 5.56 Å². The van der Waals surface area contributed by atoms with Gasteiger partial charge in [0.1, 0.15) is 11.8 Å². The number of aryl methyl sites for hydroxylation is 1. The smallest absolute Gasteiger partial charge is 0.153 e. The van der Waals surface area contributed by atoms with E-state index >= 15 is 0 Å². The van der Waals surface area contributed by atoms with E-state index in [0.717, 1.165) is 16.8 Å². The van der Waals surface area contributed by atoms with Crippen molar-refractivity contribution in [3.8, 4) is 11.3 Å². The van der Waals surface area contributed by atoms with E-state index in [4.69, 9.17) is 5.73 Å². The summed E-state index contributed by atoms with van der Waals surface area (Å²) >= 11 is 0.